The maximum atomic E-state index is 11.6. The molecule has 0 spiro atoms. The Balaban J connectivity index is 2.42. The van der Waals surface area contributed by atoms with Gasteiger partial charge in [0.1, 0.15) is 0 Å². The van der Waals surface area contributed by atoms with Crippen molar-refractivity contribution in [1.29, 1.82) is 0 Å². The summed E-state index contributed by atoms with van der Waals surface area (Å²) in [5.74, 6) is 0.728. The van der Waals surface area contributed by atoms with Crippen molar-refractivity contribution in [2.24, 2.45) is 0 Å². The number of nitrogen functional groups attached to an aromatic ring is 1. The second-order valence-electron chi connectivity index (χ2n) is 3.55. The Labute approximate surface area is 88.6 Å². The Hall–Kier alpha value is -1.71. The molecule has 1 fully saturated rings. The Kier molecular flexibility index (Phi) is 2.49. The molecule has 4 nitrogen and oxygen atoms in total. The van der Waals surface area contributed by atoms with E-state index in [1.165, 1.54) is 0 Å². The molecule has 1 amide bonds. The number of carbonyl (C=O) groups excluding carboxylic acids is 1. The molecule has 0 radical (unpaired) electrons. The van der Waals surface area contributed by atoms with Gasteiger partial charge in [-0.05, 0) is 18.6 Å². The molecule has 2 N–H and O–H groups in total. The first-order valence-electron chi connectivity index (χ1n) is 4.97. The molecule has 1 aromatic rings. The number of methoxy groups -OCH3 is 1. The van der Waals surface area contributed by atoms with Crippen LogP contribution in [0.2, 0.25) is 0 Å². The monoisotopic (exact) mass is 206 g/mol. The third-order valence-corrected chi connectivity index (χ3v) is 2.59. The van der Waals surface area contributed by atoms with Crippen molar-refractivity contribution in [2.45, 2.75) is 12.8 Å². The molecule has 1 saturated heterocycles. The van der Waals surface area contributed by atoms with Crippen LogP contribution in [0, 0.1) is 0 Å². The van der Waals surface area contributed by atoms with Crippen LogP contribution in [0.1, 0.15) is 12.8 Å². The topological polar surface area (TPSA) is 55.6 Å². The van der Waals surface area contributed by atoms with Gasteiger partial charge < -0.3 is 15.4 Å². The van der Waals surface area contributed by atoms with Gasteiger partial charge in [-0.2, -0.15) is 0 Å². The minimum absolute atomic E-state index is 0.138. The lowest BCUT2D eigenvalue weighted by Gasteiger charge is -2.19. The highest BCUT2D eigenvalue weighted by atomic mass is 16.5. The fourth-order valence-electron chi connectivity index (χ4n) is 1.88. The van der Waals surface area contributed by atoms with Crippen molar-refractivity contribution < 1.29 is 9.53 Å². The van der Waals surface area contributed by atoms with Gasteiger partial charge in [-0.15, -0.1) is 0 Å². The van der Waals surface area contributed by atoms with Gasteiger partial charge in [-0.1, -0.05) is 6.07 Å². The van der Waals surface area contributed by atoms with E-state index in [0.717, 1.165) is 18.7 Å². The Morgan fingerprint density at radius 1 is 1.47 bits per heavy atom. The van der Waals surface area contributed by atoms with Crippen LogP contribution in [0.4, 0.5) is 11.4 Å². The zero-order valence-electron chi connectivity index (χ0n) is 8.69. The Morgan fingerprint density at radius 2 is 2.27 bits per heavy atom. The lowest BCUT2D eigenvalue weighted by molar-refractivity contribution is -0.117. The predicted molar refractivity (Wildman–Crippen MR) is 59.0 cm³/mol. The highest BCUT2D eigenvalue weighted by Gasteiger charge is 2.24. The molecule has 0 atom stereocenters. The molecule has 15 heavy (non-hydrogen) atoms. The van der Waals surface area contributed by atoms with Gasteiger partial charge in [-0.3, -0.25) is 4.79 Å². The molecule has 1 aromatic carbocycles. The van der Waals surface area contributed by atoms with Crippen LogP contribution in [0.25, 0.3) is 0 Å². The normalized spacial score (nSPS) is 15.8. The number of ether oxygens (including phenoxy) is 1. The third-order valence-electron chi connectivity index (χ3n) is 2.59. The number of amides is 1. The number of hydrogen-bond donors (Lipinski definition) is 1. The van der Waals surface area contributed by atoms with E-state index in [-0.39, 0.29) is 5.91 Å². The molecule has 1 aliphatic heterocycles. The average molecular weight is 206 g/mol. The van der Waals surface area contributed by atoms with E-state index < -0.39 is 0 Å². The highest BCUT2D eigenvalue weighted by Crippen LogP contribution is 2.35. The average Bonchev–Trinajstić information content (AvgIpc) is 2.64. The first-order valence-corrected chi connectivity index (χ1v) is 4.97. The molecule has 0 unspecified atom stereocenters. The van der Waals surface area contributed by atoms with Crippen LogP contribution in [-0.4, -0.2) is 19.6 Å². The molecular formula is C11H14N2O2. The van der Waals surface area contributed by atoms with Gasteiger partial charge in [0, 0.05) is 13.0 Å². The van der Waals surface area contributed by atoms with Crippen LogP contribution >= 0.6 is 0 Å². The summed E-state index contributed by atoms with van der Waals surface area (Å²) in [4.78, 5) is 13.3. The summed E-state index contributed by atoms with van der Waals surface area (Å²) in [5.41, 5.74) is 7.12. The number of anilines is 2. The second-order valence-corrected chi connectivity index (χ2v) is 3.55. The van der Waals surface area contributed by atoms with Crippen molar-refractivity contribution in [1.82, 2.24) is 0 Å². The number of nitrogens with zero attached hydrogens (tertiary/aromatic N) is 1. The number of carbonyl (C=O) groups is 1. The van der Waals surface area contributed by atoms with Crippen molar-refractivity contribution in [3.63, 3.8) is 0 Å². The second kappa shape index (κ2) is 3.81. The van der Waals surface area contributed by atoms with Gasteiger partial charge in [-0.25, -0.2) is 0 Å². The van der Waals surface area contributed by atoms with E-state index in [4.69, 9.17) is 10.5 Å². The SMILES string of the molecule is COc1c(N)cccc1N1CCCC1=O. The van der Waals surface area contributed by atoms with E-state index in [0.29, 0.717) is 17.9 Å². The summed E-state index contributed by atoms with van der Waals surface area (Å²) in [7, 11) is 1.57. The summed E-state index contributed by atoms with van der Waals surface area (Å²) in [6.45, 7) is 0.749. The Morgan fingerprint density at radius 3 is 2.87 bits per heavy atom. The molecule has 1 aliphatic rings. The van der Waals surface area contributed by atoms with Crippen LogP contribution in [-0.2, 0) is 4.79 Å². The smallest absolute Gasteiger partial charge is 0.227 e. The zero-order valence-corrected chi connectivity index (χ0v) is 8.69. The van der Waals surface area contributed by atoms with Crippen molar-refractivity contribution >= 4 is 17.3 Å². The largest absolute Gasteiger partial charge is 0.492 e. The van der Waals surface area contributed by atoms with Gasteiger partial charge in [0.05, 0.1) is 18.5 Å². The van der Waals surface area contributed by atoms with Crippen LogP contribution in [0.15, 0.2) is 18.2 Å². The van der Waals surface area contributed by atoms with Crippen LogP contribution in [0.5, 0.6) is 5.75 Å². The highest BCUT2D eigenvalue weighted by molar-refractivity contribution is 5.97. The standard InChI is InChI=1S/C11H14N2O2/c1-15-11-8(12)4-2-5-9(11)13-7-3-6-10(13)14/h2,4-5H,3,6-7,12H2,1H3. The van der Waals surface area contributed by atoms with E-state index in [1.54, 1.807) is 18.1 Å². The minimum atomic E-state index is 0.138. The lowest BCUT2D eigenvalue weighted by atomic mass is 10.2. The van der Waals surface area contributed by atoms with Crippen molar-refractivity contribution in [3.05, 3.63) is 18.2 Å². The predicted octanol–water partition coefficient (Wildman–Crippen LogP) is 1.40. The van der Waals surface area contributed by atoms with E-state index in [9.17, 15) is 4.79 Å². The van der Waals surface area contributed by atoms with Gasteiger partial charge in [0.25, 0.3) is 0 Å². The van der Waals surface area contributed by atoms with Crippen LogP contribution in [0.3, 0.4) is 0 Å². The summed E-state index contributed by atoms with van der Waals surface area (Å²) < 4.78 is 5.22. The quantitative estimate of drug-likeness (QED) is 0.744. The van der Waals surface area contributed by atoms with Gasteiger partial charge in [0.15, 0.2) is 5.75 Å². The number of rotatable bonds is 2. The van der Waals surface area contributed by atoms with Gasteiger partial charge >= 0.3 is 0 Å². The maximum Gasteiger partial charge on any atom is 0.227 e. The molecule has 0 aromatic heterocycles. The lowest BCUT2D eigenvalue weighted by Crippen LogP contribution is -2.24. The number of para-hydroxylation sites is 1. The van der Waals surface area contributed by atoms with E-state index in [2.05, 4.69) is 0 Å². The minimum Gasteiger partial charge on any atom is -0.492 e. The van der Waals surface area contributed by atoms with Crippen LogP contribution < -0.4 is 15.4 Å². The number of nitrogens with two attached hydrogens (primary N) is 1. The molecule has 1 heterocycles. The van der Waals surface area contributed by atoms with Crippen molar-refractivity contribution in [3.8, 4) is 5.75 Å². The molecule has 80 valence electrons. The summed E-state index contributed by atoms with van der Waals surface area (Å²) >= 11 is 0. The first-order chi connectivity index (χ1) is 7.24. The summed E-state index contributed by atoms with van der Waals surface area (Å²) in [6.07, 6.45) is 1.51. The molecule has 0 aliphatic carbocycles. The molecular weight excluding hydrogens is 192 g/mol. The number of hydrogen-bond acceptors (Lipinski definition) is 3. The van der Waals surface area contributed by atoms with E-state index >= 15 is 0 Å². The number of benzene rings is 1. The summed E-state index contributed by atoms with van der Waals surface area (Å²) in [6, 6.07) is 5.46. The molecule has 4 heteroatoms. The van der Waals surface area contributed by atoms with Gasteiger partial charge in [0.2, 0.25) is 5.91 Å². The Bertz CT molecular complexity index is 390. The molecule has 0 bridgehead atoms. The molecule has 2 rings (SSSR count). The molecule has 0 saturated carbocycles. The maximum absolute atomic E-state index is 11.6. The fourth-order valence-corrected chi connectivity index (χ4v) is 1.88. The third kappa shape index (κ3) is 1.63. The van der Waals surface area contributed by atoms with E-state index in [1.807, 2.05) is 12.1 Å². The zero-order chi connectivity index (χ0) is 10.8. The van der Waals surface area contributed by atoms with Crippen molar-refractivity contribution in [2.75, 3.05) is 24.3 Å². The summed E-state index contributed by atoms with van der Waals surface area (Å²) in [5, 5.41) is 0. The fraction of sp³-hybridized carbons (Fsp3) is 0.364. The first kappa shape index (κ1) is 9.83.